The third kappa shape index (κ3) is 3.54. The van der Waals surface area contributed by atoms with Crippen LogP contribution in [0, 0.1) is 0 Å². The highest BCUT2D eigenvalue weighted by molar-refractivity contribution is 7.89. The Morgan fingerprint density at radius 1 is 1.42 bits per heavy atom. The second-order valence-corrected chi connectivity index (χ2v) is 6.46. The van der Waals surface area contributed by atoms with Crippen LogP contribution in [0.5, 0.6) is 0 Å². The number of sulfonamides is 1. The molecule has 0 amide bonds. The lowest BCUT2D eigenvalue weighted by molar-refractivity contribution is 0.150. The second kappa shape index (κ2) is 6.00. The highest BCUT2D eigenvalue weighted by atomic mass is 32.2. The minimum absolute atomic E-state index is 0.0910. The Morgan fingerprint density at radius 3 is 2.89 bits per heavy atom. The van der Waals surface area contributed by atoms with Gasteiger partial charge < -0.3 is 9.84 Å². The fraction of sp³-hybridized carbons (Fsp3) is 0.538. The normalized spacial score (nSPS) is 22.4. The van der Waals surface area contributed by atoms with Crippen LogP contribution in [0.25, 0.3) is 0 Å². The van der Waals surface area contributed by atoms with Gasteiger partial charge in [0.1, 0.15) is 0 Å². The van der Waals surface area contributed by atoms with Crippen LogP contribution >= 0.6 is 0 Å². The lowest BCUT2D eigenvalue weighted by Gasteiger charge is -2.18. The molecule has 2 N–H and O–H groups in total. The van der Waals surface area contributed by atoms with Crippen molar-refractivity contribution in [1.82, 2.24) is 4.72 Å². The molecule has 2 atom stereocenters. The Hall–Kier alpha value is -0.950. The van der Waals surface area contributed by atoms with E-state index in [1.54, 1.807) is 0 Å². The predicted molar refractivity (Wildman–Crippen MR) is 72.3 cm³/mol. The molecule has 19 heavy (non-hydrogen) atoms. The Morgan fingerprint density at radius 2 is 2.16 bits per heavy atom. The zero-order valence-corrected chi connectivity index (χ0v) is 11.7. The Kier molecular flexibility index (Phi) is 4.57. The number of ether oxygens (including phenoxy) is 1. The second-order valence-electron chi connectivity index (χ2n) is 4.58. The van der Waals surface area contributed by atoms with Gasteiger partial charge in [0.05, 0.1) is 24.5 Å². The summed E-state index contributed by atoms with van der Waals surface area (Å²) in [5.74, 6) is -0.0910. The molecular formula is C13H19NO4S. The van der Waals surface area contributed by atoms with Crippen molar-refractivity contribution in [3.8, 4) is 0 Å². The van der Waals surface area contributed by atoms with Gasteiger partial charge in [0.15, 0.2) is 0 Å². The summed E-state index contributed by atoms with van der Waals surface area (Å²) in [5.41, 5.74) is 1.85. The van der Waals surface area contributed by atoms with Gasteiger partial charge in [-0.25, -0.2) is 13.1 Å². The van der Waals surface area contributed by atoms with Crippen LogP contribution in [-0.2, 0) is 21.2 Å². The van der Waals surface area contributed by atoms with E-state index in [0.29, 0.717) is 13.0 Å². The number of hydrogen-bond acceptors (Lipinski definition) is 4. The first-order chi connectivity index (χ1) is 9.03. The van der Waals surface area contributed by atoms with E-state index in [1.807, 2.05) is 31.2 Å². The summed E-state index contributed by atoms with van der Waals surface area (Å²) >= 11 is 0. The molecule has 106 valence electrons. The third-order valence-electron chi connectivity index (χ3n) is 3.21. The van der Waals surface area contributed by atoms with Crippen molar-refractivity contribution in [1.29, 1.82) is 0 Å². The van der Waals surface area contributed by atoms with Gasteiger partial charge in [-0.1, -0.05) is 24.3 Å². The first kappa shape index (κ1) is 14.5. The van der Waals surface area contributed by atoms with Crippen LogP contribution in [0.15, 0.2) is 24.3 Å². The van der Waals surface area contributed by atoms with Crippen molar-refractivity contribution in [3.63, 3.8) is 0 Å². The highest BCUT2D eigenvalue weighted by Gasteiger charge is 2.33. The average Bonchev–Trinajstić information content (AvgIpc) is 2.66. The summed E-state index contributed by atoms with van der Waals surface area (Å²) in [6.45, 7) is 2.47. The van der Waals surface area contributed by atoms with E-state index in [1.165, 1.54) is 0 Å². The maximum atomic E-state index is 11.9. The first-order valence-electron chi connectivity index (χ1n) is 6.37. The van der Waals surface area contributed by atoms with Gasteiger partial charge in [-0.05, 0) is 18.1 Å². The summed E-state index contributed by atoms with van der Waals surface area (Å²) in [7, 11) is -3.45. The van der Waals surface area contributed by atoms with Crippen LogP contribution in [0.1, 0.15) is 24.1 Å². The van der Waals surface area contributed by atoms with Crippen molar-refractivity contribution < 1.29 is 18.3 Å². The number of aliphatic hydroxyl groups is 1. The van der Waals surface area contributed by atoms with Crippen LogP contribution in [0.3, 0.4) is 0 Å². The molecule has 0 saturated carbocycles. The molecule has 2 rings (SSSR count). The van der Waals surface area contributed by atoms with Gasteiger partial charge in [0.25, 0.3) is 0 Å². The van der Waals surface area contributed by atoms with Gasteiger partial charge >= 0.3 is 0 Å². The molecule has 1 aromatic rings. The lowest BCUT2D eigenvalue weighted by Crippen LogP contribution is -2.36. The number of nitrogens with one attached hydrogen (secondary N) is 1. The van der Waals surface area contributed by atoms with Crippen molar-refractivity contribution >= 4 is 10.0 Å². The van der Waals surface area contributed by atoms with E-state index in [4.69, 9.17) is 4.74 Å². The van der Waals surface area contributed by atoms with Crippen LogP contribution < -0.4 is 4.72 Å². The Labute approximate surface area is 113 Å². The molecule has 0 fully saturated rings. The number of rotatable bonds is 6. The topological polar surface area (TPSA) is 75.6 Å². The summed E-state index contributed by atoms with van der Waals surface area (Å²) in [6.07, 6.45) is -0.228. The number of benzene rings is 1. The smallest absolute Gasteiger partial charge is 0.214 e. The number of fused-ring (bicyclic) bond motifs is 1. The first-order valence-corrected chi connectivity index (χ1v) is 8.02. The Balaban J connectivity index is 2.07. The van der Waals surface area contributed by atoms with E-state index >= 15 is 0 Å². The van der Waals surface area contributed by atoms with Gasteiger partial charge in [-0.15, -0.1) is 0 Å². The Bertz CT molecular complexity index is 529. The zero-order chi connectivity index (χ0) is 13.9. The molecular weight excluding hydrogens is 266 g/mol. The van der Waals surface area contributed by atoms with E-state index in [9.17, 15) is 13.5 Å². The maximum absolute atomic E-state index is 11.9. The quantitative estimate of drug-likeness (QED) is 0.751. The maximum Gasteiger partial charge on any atom is 0.214 e. The molecule has 5 nitrogen and oxygen atoms in total. The van der Waals surface area contributed by atoms with E-state index in [0.717, 1.165) is 11.1 Å². The molecule has 1 aromatic carbocycles. The monoisotopic (exact) mass is 285 g/mol. The molecule has 1 aliphatic rings. The molecule has 0 aliphatic heterocycles. The largest absolute Gasteiger partial charge is 0.391 e. The van der Waals surface area contributed by atoms with E-state index in [2.05, 4.69) is 4.72 Å². The average molecular weight is 285 g/mol. The summed E-state index contributed by atoms with van der Waals surface area (Å²) in [6, 6.07) is 6.94. The highest BCUT2D eigenvalue weighted by Crippen LogP contribution is 2.31. The predicted octanol–water partition coefficient (Wildman–Crippen LogP) is 0.601. The molecule has 0 heterocycles. The van der Waals surface area contributed by atoms with Crippen LogP contribution in [0.4, 0.5) is 0 Å². The van der Waals surface area contributed by atoms with Crippen molar-refractivity contribution in [2.24, 2.45) is 0 Å². The summed E-state index contributed by atoms with van der Waals surface area (Å²) in [5, 5.41) is 9.99. The molecule has 0 bridgehead atoms. The van der Waals surface area contributed by atoms with Gasteiger partial charge in [0, 0.05) is 13.0 Å². The van der Waals surface area contributed by atoms with E-state index in [-0.39, 0.29) is 12.4 Å². The van der Waals surface area contributed by atoms with Crippen molar-refractivity contribution in [2.75, 3.05) is 19.0 Å². The number of hydrogen-bond donors (Lipinski definition) is 2. The molecule has 6 heteroatoms. The fourth-order valence-corrected chi connectivity index (χ4v) is 3.41. The van der Waals surface area contributed by atoms with Crippen molar-refractivity contribution in [2.45, 2.75) is 25.5 Å². The molecule has 0 saturated heterocycles. The van der Waals surface area contributed by atoms with Crippen molar-refractivity contribution in [3.05, 3.63) is 35.4 Å². The fourth-order valence-electron chi connectivity index (χ4n) is 2.28. The van der Waals surface area contributed by atoms with Crippen LogP contribution in [0.2, 0.25) is 0 Å². The third-order valence-corrected chi connectivity index (χ3v) is 4.53. The zero-order valence-electron chi connectivity index (χ0n) is 10.9. The molecule has 0 radical (unpaired) electrons. The van der Waals surface area contributed by atoms with Crippen LogP contribution in [-0.4, -0.2) is 38.6 Å². The van der Waals surface area contributed by atoms with Gasteiger partial charge in [-0.3, -0.25) is 0 Å². The van der Waals surface area contributed by atoms with Gasteiger partial charge in [0.2, 0.25) is 10.0 Å². The SMILES string of the molecule is CCOCCS(=O)(=O)N[C@@H]1c2ccccc2C[C@@H]1O. The van der Waals surface area contributed by atoms with Gasteiger partial charge in [-0.2, -0.15) is 0 Å². The minimum atomic E-state index is -3.45. The standard InChI is InChI=1S/C13H19NO4S/c1-2-18-7-8-19(16,17)14-13-11-6-4-3-5-10(11)9-12(13)15/h3-6,12-15H,2,7-9H2,1H3/t12-,13+/m0/s1. The lowest BCUT2D eigenvalue weighted by atomic mass is 10.1. The summed E-state index contributed by atoms with van der Waals surface area (Å²) < 4.78 is 31.4. The summed E-state index contributed by atoms with van der Waals surface area (Å²) in [4.78, 5) is 0. The molecule has 1 aliphatic carbocycles. The molecule has 0 spiro atoms. The van der Waals surface area contributed by atoms with E-state index < -0.39 is 22.2 Å². The number of aliphatic hydroxyl groups excluding tert-OH is 1. The molecule has 0 unspecified atom stereocenters. The minimum Gasteiger partial charge on any atom is -0.391 e. The molecule has 0 aromatic heterocycles.